The first-order valence-electron chi connectivity index (χ1n) is 7.47. The second kappa shape index (κ2) is 6.98. The zero-order valence-electron chi connectivity index (χ0n) is 13.3. The van der Waals surface area contributed by atoms with Crippen LogP contribution in [0.25, 0.3) is 10.8 Å². The minimum absolute atomic E-state index is 0.195. The quantitative estimate of drug-likeness (QED) is 0.683. The lowest BCUT2D eigenvalue weighted by atomic mass is 10.1. The van der Waals surface area contributed by atoms with Crippen LogP contribution in [0.1, 0.15) is 26.4 Å². The number of nitrogens with one attached hydrogen (secondary N) is 1. The highest BCUT2D eigenvalue weighted by Gasteiger charge is 2.17. The van der Waals surface area contributed by atoms with Crippen molar-refractivity contribution in [2.45, 2.75) is 6.54 Å². The first kappa shape index (κ1) is 17.0. The summed E-state index contributed by atoms with van der Waals surface area (Å²) in [5.74, 6) is -0.291. The Morgan fingerprint density at radius 3 is 2.76 bits per heavy atom. The Bertz CT molecular complexity index is 1030. The van der Waals surface area contributed by atoms with Crippen LogP contribution in [0.15, 0.2) is 51.7 Å². The van der Waals surface area contributed by atoms with E-state index >= 15 is 0 Å². The van der Waals surface area contributed by atoms with Gasteiger partial charge in [0.05, 0.1) is 23.2 Å². The van der Waals surface area contributed by atoms with Gasteiger partial charge in [0.1, 0.15) is 0 Å². The van der Waals surface area contributed by atoms with E-state index < -0.39 is 0 Å². The zero-order valence-corrected chi connectivity index (χ0v) is 14.9. The topological polar surface area (TPSA) is 83.1 Å². The normalized spacial score (nSPS) is 10.6. The lowest BCUT2D eigenvalue weighted by molar-refractivity contribution is 0.0780. The van der Waals surface area contributed by atoms with Gasteiger partial charge in [0.25, 0.3) is 11.5 Å². The van der Waals surface area contributed by atoms with E-state index in [0.29, 0.717) is 33.9 Å². The van der Waals surface area contributed by atoms with Gasteiger partial charge in [-0.2, -0.15) is 5.10 Å². The molecule has 0 saturated carbocycles. The van der Waals surface area contributed by atoms with Gasteiger partial charge in [-0.25, -0.2) is 5.10 Å². The van der Waals surface area contributed by atoms with Gasteiger partial charge in [-0.3, -0.25) is 14.4 Å². The second-order valence-electron chi connectivity index (χ2n) is 5.56. The van der Waals surface area contributed by atoms with Crippen LogP contribution >= 0.6 is 15.9 Å². The summed E-state index contributed by atoms with van der Waals surface area (Å²) in [6, 6.07) is 11.9. The monoisotopic (exact) mass is 399 g/mol. The maximum atomic E-state index is 12.6. The van der Waals surface area contributed by atoms with E-state index in [1.54, 1.807) is 43.4 Å². The van der Waals surface area contributed by atoms with Gasteiger partial charge < -0.3 is 4.90 Å². The highest BCUT2D eigenvalue weighted by atomic mass is 79.9. The SMILES string of the molecule is CN(Cc1n[nH]c(=O)c2cc(Br)ccc12)C(=O)c1ccccc1C=O. The van der Waals surface area contributed by atoms with Crippen molar-refractivity contribution < 1.29 is 9.59 Å². The Kier molecular flexibility index (Phi) is 4.76. The van der Waals surface area contributed by atoms with Crippen LogP contribution in [0.5, 0.6) is 0 Å². The first-order valence-corrected chi connectivity index (χ1v) is 8.27. The molecule has 25 heavy (non-hydrogen) atoms. The summed E-state index contributed by atoms with van der Waals surface area (Å²) < 4.78 is 0.784. The molecule has 1 aromatic heterocycles. The summed E-state index contributed by atoms with van der Waals surface area (Å²) in [6.45, 7) is 0.195. The van der Waals surface area contributed by atoms with Crippen LogP contribution in [0.2, 0.25) is 0 Å². The van der Waals surface area contributed by atoms with Gasteiger partial charge >= 0.3 is 0 Å². The number of aldehydes is 1. The van der Waals surface area contributed by atoms with Crippen molar-refractivity contribution in [3.05, 3.63) is 74.1 Å². The van der Waals surface area contributed by atoms with E-state index in [2.05, 4.69) is 26.1 Å². The van der Waals surface area contributed by atoms with Gasteiger partial charge in [0, 0.05) is 22.5 Å². The summed E-state index contributed by atoms with van der Waals surface area (Å²) >= 11 is 3.34. The van der Waals surface area contributed by atoms with E-state index in [1.807, 2.05) is 6.07 Å². The molecule has 3 aromatic rings. The molecular weight excluding hydrogens is 386 g/mol. The molecule has 126 valence electrons. The summed E-state index contributed by atoms with van der Waals surface area (Å²) in [5.41, 5.74) is 0.945. The minimum Gasteiger partial charge on any atom is -0.336 e. The smallest absolute Gasteiger partial charge is 0.272 e. The predicted molar refractivity (Wildman–Crippen MR) is 97.7 cm³/mol. The fourth-order valence-corrected chi connectivity index (χ4v) is 2.97. The fraction of sp³-hybridized carbons (Fsp3) is 0.111. The number of amides is 1. The molecule has 6 nitrogen and oxygen atoms in total. The maximum absolute atomic E-state index is 12.6. The number of benzene rings is 2. The Morgan fingerprint density at radius 1 is 1.24 bits per heavy atom. The highest BCUT2D eigenvalue weighted by Crippen LogP contribution is 2.20. The number of rotatable bonds is 4. The largest absolute Gasteiger partial charge is 0.336 e. The molecule has 1 heterocycles. The molecule has 7 heteroatoms. The number of halogens is 1. The molecule has 0 saturated heterocycles. The molecule has 0 aliphatic heterocycles. The van der Waals surface area contributed by atoms with Gasteiger partial charge in [-0.05, 0) is 18.2 Å². The zero-order chi connectivity index (χ0) is 18.0. The van der Waals surface area contributed by atoms with E-state index in [4.69, 9.17) is 0 Å². The highest BCUT2D eigenvalue weighted by molar-refractivity contribution is 9.10. The Balaban J connectivity index is 1.96. The summed E-state index contributed by atoms with van der Waals surface area (Å²) in [4.78, 5) is 37.2. The number of nitrogens with zero attached hydrogens (tertiary/aromatic N) is 2. The van der Waals surface area contributed by atoms with E-state index in [1.165, 1.54) is 4.90 Å². The van der Waals surface area contributed by atoms with Crippen molar-refractivity contribution in [3.8, 4) is 0 Å². The average Bonchev–Trinajstić information content (AvgIpc) is 2.63. The molecule has 0 spiro atoms. The van der Waals surface area contributed by atoms with Crippen LogP contribution < -0.4 is 5.56 Å². The first-order chi connectivity index (χ1) is 12.0. The molecule has 0 bridgehead atoms. The predicted octanol–water partition coefficient (Wildman–Crippen LogP) is 2.77. The standard InChI is InChI=1S/C18H14BrN3O3/c1-22(18(25)13-5-3-2-4-11(13)10-23)9-16-14-7-6-12(19)8-15(14)17(24)21-20-16/h2-8,10H,9H2,1H3,(H,21,24). The van der Waals surface area contributed by atoms with Crippen LogP contribution in [-0.4, -0.2) is 34.3 Å². The van der Waals surface area contributed by atoms with Crippen molar-refractivity contribution in [2.24, 2.45) is 0 Å². The van der Waals surface area contributed by atoms with Crippen LogP contribution in [0.4, 0.5) is 0 Å². The number of aromatic nitrogens is 2. The van der Waals surface area contributed by atoms with Gasteiger partial charge in [-0.15, -0.1) is 0 Å². The minimum atomic E-state index is -0.291. The summed E-state index contributed by atoms with van der Waals surface area (Å²) in [6.07, 6.45) is 0.659. The number of fused-ring (bicyclic) bond motifs is 1. The molecular formula is C18H14BrN3O3. The van der Waals surface area contributed by atoms with Crippen molar-refractivity contribution in [1.29, 1.82) is 0 Å². The molecule has 0 aliphatic rings. The third kappa shape index (κ3) is 3.36. The molecule has 0 atom stereocenters. The molecule has 2 aromatic carbocycles. The number of aromatic amines is 1. The van der Waals surface area contributed by atoms with Crippen LogP contribution in [0.3, 0.4) is 0 Å². The third-order valence-corrected chi connectivity index (χ3v) is 4.37. The van der Waals surface area contributed by atoms with Crippen molar-refractivity contribution >= 4 is 38.9 Å². The lowest BCUT2D eigenvalue weighted by Gasteiger charge is -2.18. The van der Waals surface area contributed by atoms with E-state index in [-0.39, 0.29) is 18.0 Å². The number of hydrogen-bond donors (Lipinski definition) is 1. The molecule has 3 rings (SSSR count). The van der Waals surface area contributed by atoms with Crippen LogP contribution in [0, 0.1) is 0 Å². The Labute approximate surface area is 151 Å². The Hall–Kier alpha value is -2.80. The molecule has 0 unspecified atom stereocenters. The number of H-pyrrole nitrogens is 1. The van der Waals surface area contributed by atoms with Gasteiger partial charge in [-0.1, -0.05) is 40.2 Å². The third-order valence-electron chi connectivity index (χ3n) is 3.88. The maximum Gasteiger partial charge on any atom is 0.272 e. The number of carbonyl (C=O) groups excluding carboxylic acids is 2. The number of carbonyl (C=O) groups is 2. The molecule has 0 fully saturated rings. The van der Waals surface area contributed by atoms with Crippen molar-refractivity contribution in [3.63, 3.8) is 0 Å². The molecule has 1 amide bonds. The van der Waals surface area contributed by atoms with Gasteiger partial charge in [0.15, 0.2) is 6.29 Å². The fourth-order valence-electron chi connectivity index (χ4n) is 2.61. The molecule has 0 radical (unpaired) electrons. The Morgan fingerprint density at radius 2 is 2.00 bits per heavy atom. The van der Waals surface area contributed by atoms with Gasteiger partial charge in [0.2, 0.25) is 0 Å². The number of hydrogen-bond acceptors (Lipinski definition) is 4. The average molecular weight is 400 g/mol. The van der Waals surface area contributed by atoms with E-state index in [0.717, 1.165) is 4.47 Å². The molecule has 0 aliphatic carbocycles. The summed E-state index contributed by atoms with van der Waals surface area (Å²) in [7, 11) is 1.63. The molecule has 1 N–H and O–H groups in total. The van der Waals surface area contributed by atoms with Crippen molar-refractivity contribution in [2.75, 3.05) is 7.05 Å². The van der Waals surface area contributed by atoms with E-state index in [9.17, 15) is 14.4 Å². The van der Waals surface area contributed by atoms with Crippen LogP contribution in [-0.2, 0) is 6.54 Å². The lowest BCUT2D eigenvalue weighted by Crippen LogP contribution is -2.28. The second-order valence-corrected chi connectivity index (χ2v) is 6.47. The van der Waals surface area contributed by atoms with Crippen molar-refractivity contribution in [1.82, 2.24) is 15.1 Å². The summed E-state index contributed by atoms with van der Waals surface area (Å²) in [5, 5.41) is 7.70.